The minimum atomic E-state index is -4.81. The molecule has 4 N–H and O–H groups in total. The standard InChI is InChI=1S/C34H39F3N8O4/c1-17(39-32(47)42-15-33(48,16-42)34(35,36)37)24-8-6-20-10-26(43(30(20)40-24)14-19-4-5-19)29-18(2)44-27(41-29)11-21(12-28(44)49-3)31(46)45-22-7-9-25(45)23(38)13-22/h6,8,10-12,17,19,22-23,25,48H,4-5,7,9,13-16,38H2,1-3H3,(H,39,47)/t17-,22+,23-,25-/m1/s1. The molecule has 4 fully saturated rings. The fraction of sp³-hybridized carbons (Fsp3) is 0.529. The van der Waals surface area contributed by atoms with E-state index in [1.165, 1.54) is 0 Å². The Morgan fingerprint density at radius 2 is 1.90 bits per heavy atom. The number of β-amino-alcohol motifs (C(OH)–C–C–N with tert-alkyl or cyclic N) is 1. The molecule has 0 radical (unpaired) electrons. The highest BCUT2D eigenvalue weighted by Gasteiger charge is 2.62. The third-order valence-corrected chi connectivity index (χ3v) is 10.8. The van der Waals surface area contributed by atoms with E-state index in [4.69, 9.17) is 20.4 Å². The van der Waals surface area contributed by atoms with Gasteiger partial charge in [-0.2, -0.15) is 13.2 Å². The van der Waals surface area contributed by atoms with Crippen molar-refractivity contribution in [3.63, 3.8) is 0 Å². The average molecular weight is 681 g/mol. The summed E-state index contributed by atoms with van der Waals surface area (Å²) in [5, 5.41) is 13.3. The van der Waals surface area contributed by atoms with Crippen LogP contribution in [0.1, 0.15) is 66.8 Å². The summed E-state index contributed by atoms with van der Waals surface area (Å²) >= 11 is 0. The molecule has 3 amide bonds. The number of aryl methyl sites for hydroxylation is 1. The third kappa shape index (κ3) is 5.11. The van der Waals surface area contributed by atoms with Crippen LogP contribution in [-0.2, 0) is 6.54 Å². The van der Waals surface area contributed by atoms with E-state index < -0.39 is 36.9 Å². The van der Waals surface area contributed by atoms with E-state index >= 15 is 0 Å². The van der Waals surface area contributed by atoms with Crippen LogP contribution in [-0.4, -0.2) is 95.9 Å². The number of halogens is 3. The van der Waals surface area contributed by atoms with E-state index in [1.54, 1.807) is 26.2 Å². The summed E-state index contributed by atoms with van der Waals surface area (Å²) in [5.41, 5.74) is 8.20. The van der Waals surface area contributed by atoms with Crippen LogP contribution >= 0.6 is 0 Å². The minimum Gasteiger partial charge on any atom is -0.482 e. The van der Waals surface area contributed by atoms with Gasteiger partial charge in [0.25, 0.3) is 5.91 Å². The molecule has 0 aromatic carbocycles. The maximum Gasteiger partial charge on any atom is 0.420 e. The number of ether oxygens (including phenoxy) is 1. The van der Waals surface area contributed by atoms with Crippen LogP contribution in [0, 0.1) is 12.8 Å². The van der Waals surface area contributed by atoms with Crippen molar-refractivity contribution in [2.45, 2.75) is 88.4 Å². The Bertz CT molecular complexity index is 2000. The lowest BCUT2D eigenvalue weighted by Gasteiger charge is -2.46. The van der Waals surface area contributed by atoms with Crippen LogP contribution in [0.5, 0.6) is 5.88 Å². The Labute approximate surface area is 280 Å². The molecule has 49 heavy (non-hydrogen) atoms. The largest absolute Gasteiger partial charge is 0.482 e. The van der Waals surface area contributed by atoms with Crippen molar-refractivity contribution >= 4 is 28.6 Å². The summed E-state index contributed by atoms with van der Waals surface area (Å²) in [6.07, 6.45) is 0.0837. The molecule has 4 aromatic rings. The lowest BCUT2D eigenvalue weighted by Crippen LogP contribution is -2.71. The number of urea groups is 1. The molecule has 2 bridgehead atoms. The summed E-state index contributed by atoms with van der Waals surface area (Å²) in [5.74, 6) is 0.919. The quantitative estimate of drug-likeness (QED) is 0.266. The van der Waals surface area contributed by atoms with Crippen LogP contribution in [0.2, 0.25) is 0 Å². The average Bonchev–Trinajstić information content (AvgIpc) is 3.36. The van der Waals surface area contributed by atoms with E-state index in [0.29, 0.717) is 40.9 Å². The summed E-state index contributed by atoms with van der Waals surface area (Å²) in [6, 6.07) is 8.20. The topological polar surface area (TPSA) is 143 Å². The van der Waals surface area contributed by atoms with Crippen molar-refractivity contribution in [3.05, 3.63) is 47.3 Å². The predicted octanol–water partition coefficient (Wildman–Crippen LogP) is 4.16. The maximum absolute atomic E-state index is 13.8. The zero-order chi connectivity index (χ0) is 34.6. The molecule has 4 aromatic heterocycles. The van der Waals surface area contributed by atoms with Gasteiger partial charge in [0.1, 0.15) is 17.0 Å². The van der Waals surface area contributed by atoms with Crippen molar-refractivity contribution in [3.8, 4) is 17.3 Å². The molecular formula is C34H39F3N8O4. The van der Waals surface area contributed by atoms with Crippen LogP contribution in [0.15, 0.2) is 30.3 Å². The SMILES string of the molecule is COc1cc(C(=O)N2[C@H]3CC[C@@H]2[C@H](N)C3)cc2nc(-c3cc4ccc([C@@H](C)NC(=O)N5CC(O)(C(F)(F)F)C5)nc4n3CC3CC3)c(C)n12. The molecule has 1 saturated carbocycles. The number of alkyl halides is 3. The van der Waals surface area contributed by atoms with Crippen LogP contribution in [0.4, 0.5) is 18.0 Å². The lowest BCUT2D eigenvalue weighted by atomic mass is 9.94. The Kier molecular flexibility index (Phi) is 7.20. The Hall–Kier alpha value is -4.37. The number of amides is 3. The molecule has 1 aliphatic carbocycles. The number of fused-ring (bicyclic) bond motifs is 4. The lowest BCUT2D eigenvalue weighted by molar-refractivity contribution is -0.294. The van der Waals surface area contributed by atoms with Crippen LogP contribution in [0.3, 0.4) is 0 Å². The molecule has 4 atom stereocenters. The highest BCUT2D eigenvalue weighted by molar-refractivity contribution is 5.97. The molecule has 0 spiro atoms. The van der Waals surface area contributed by atoms with Crippen molar-refractivity contribution in [1.82, 2.24) is 34.1 Å². The molecule has 260 valence electrons. The summed E-state index contributed by atoms with van der Waals surface area (Å²) in [6.45, 7) is 2.76. The van der Waals surface area contributed by atoms with E-state index in [0.717, 1.165) is 59.5 Å². The molecule has 3 saturated heterocycles. The number of carbonyl (C=O) groups excluding carboxylic acids is 2. The Morgan fingerprint density at radius 3 is 2.53 bits per heavy atom. The Morgan fingerprint density at radius 1 is 1.14 bits per heavy atom. The molecule has 7 heterocycles. The predicted molar refractivity (Wildman–Crippen MR) is 173 cm³/mol. The zero-order valence-electron chi connectivity index (χ0n) is 27.5. The first-order valence-electron chi connectivity index (χ1n) is 16.8. The van der Waals surface area contributed by atoms with E-state index in [9.17, 15) is 27.9 Å². The number of nitrogens with zero attached hydrogens (tertiary/aromatic N) is 6. The number of nitrogens with one attached hydrogen (secondary N) is 1. The number of methoxy groups -OCH3 is 1. The van der Waals surface area contributed by atoms with E-state index in [2.05, 4.69) is 9.88 Å². The molecule has 3 aliphatic heterocycles. The number of hydrogen-bond donors (Lipinski definition) is 3. The monoisotopic (exact) mass is 680 g/mol. The highest BCUT2D eigenvalue weighted by atomic mass is 19.4. The number of rotatable bonds is 7. The van der Waals surface area contributed by atoms with Gasteiger partial charge >= 0.3 is 12.2 Å². The number of carbonyl (C=O) groups is 2. The second kappa shape index (κ2) is 11.1. The third-order valence-electron chi connectivity index (χ3n) is 10.8. The summed E-state index contributed by atoms with van der Waals surface area (Å²) in [4.78, 5) is 39.4. The molecule has 0 unspecified atom stereocenters. The van der Waals surface area contributed by atoms with Gasteiger partial charge in [-0.25, -0.2) is 14.8 Å². The van der Waals surface area contributed by atoms with E-state index in [-0.39, 0.29) is 24.0 Å². The number of pyridine rings is 2. The Balaban J connectivity index is 1.12. The fourth-order valence-electron chi connectivity index (χ4n) is 7.87. The molecule has 8 rings (SSSR count). The van der Waals surface area contributed by atoms with Crippen LogP contribution in [0.25, 0.3) is 28.1 Å². The number of imidazole rings is 1. The highest BCUT2D eigenvalue weighted by Crippen LogP contribution is 2.41. The van der Waals surface area contributed by atoms with Gasteiger partial charge in [0.05, 0.1) is 43.3 Å². The van der Waals surface area contributed by atoms with Gasteiger partial charge in [-0.15, -0.1) is 0 Å². The van der Waals surface area contributed by atoms with Gasteiger partial charge in [-0.1, -0.05) is 0 Å². The molecule has 15 heteroatoms. The second-order valence-corrected chi connectivity index (χ2v) is 14.2. The number of nitrogens with two attached hydrogens (primary N) is 1. The molecular weight excluding hydrogens is 641 g/mol. The van der Waals surface area contributed by atoms with Gasteiger partial charge in [-0.05, 0) is 76.1 Å². The van der Waals surface area contributed by atoms with Crippen molar-refractivity contribution in [1.29, 1.82) is 0 Å². The maximum atomic E-state index is 13.8. The number of aliphatic hydroxyl groups is 1. The fourth-order valence-corrected chi connectivity index (χ4v) is 7.87. The van der Waals surface area contributed by atoms with Gasteiger partial charge in [0.15, 0.2) is 11.5 Å². The van der Waals surface area contributed by atoms with E-state index in [1.807, 2.05) is 34.4 Å². The zero-order valence-corrected chi connectivity index (χ0v) is 27.5. The first kappa shape index (κ1) is 31.9. The van der Waals surface area contributed by atoms with Gasteiger partial charge in [-0.3, -0.25) is 9.20 Å². The molecule has 12 nitrogen and oxygen atoms in total. The number of likely N-dealkylation sites (tertiary alicyclic amines) is 1. The summed E-state index contributed by atoms with van der Waals surface area (Å²) < 4.78 is 49.1. The normalized spacial score (nSPS) is 23.7. The van der Waals surface area contributed by atoms with Crippen molar-refractivity contribution in [2.24, 2.45) is 11.7 Å². The van der Waals surface area contributed by atoms with Crippen molar-refractivity contribution in [2.75, 3.05) is 20.2 Å². The minimum absolute atomic E-state index is 0.00397. The van der Waals surface area contributed by atoms with Gasteiger partial charge < -0.3 is 35.3 Å². The smallest absolute Gasteiger partial charge is 0.420 e. The van der Waals surface area contributed by atoms with Crippen LogP contribution < -0.4 is 15.8 Å². The first-order chi connectivity index (χ1) is 23.3. The summed E-state index contributed by atoms with van der Waals surface area (Å²) in [7, 11) is 1.57. The second-order valence-electron chi connectivity index (χ2n) is 14.2. The number of aromatic nitrogens is 4. The first-order valence-corrected chi connectivity index (χ1v) is 16.8. The van der Waals surface area contributed by atoms with Crippen molar-refractivity contribution < 1.29 is 32.6 Å². The number of hydrogen-bond acceptors (Lipinski definition) is 7. The molecule has 4 aliphatic rings. The van der Waals surface area contributed by atoms with Gasteiger partial charge in [0, 0.05) is 41.7 Å². The van der Waals surface area contributed by atoms with Gasteiger partial charge in [0.2, 0.25) is 0 Å².